The summed E-state index contributed by atoms with van der Waals surface area (Å²) >= 11 is 0. The number of pyridine rings is 1. The summed E-state index contributed by atoms with van der Waals surface area (Å²) < 4.78 is 0. The molecule has 1 aromatic heterocycles. The van der Waals surface area contributed by atoms with Gasteiger partial charge in [0.05, 0.1) is 5.69 Å². The number of aliphatic carboxylic acids is 1. The molecule has 0 aromatic carbocycles. The molecule has 17 heavy (non-hydrogen) atoms. The molecule has 0 fully saturated rings. The van der Waals surface area contributed by atoms with Crippen LogP contribution >= 0.6 is 0 Å². The van der Waals surface area contributed by atoms with Crippen LogP contribution in [0.1, 0.15) is 25.5 Å². The summed E-state index contributed by atoms with van der Waals surface area (Å²) in [4.78, 5) is 25.7. The second kappa shape index (κ2) is 6.42. The molecule has 0 bridgehead atoms. The predicted molar refractivity (Wildman–Crippen MR) is 64.4 cm³/mol. The number of nitrogens with zero attached hydrogens (tertiary/aromatic N) is 1. The van der Waals surface area contributed by atoms with E-state index >= 15 is 0 Å². The average Bonchev–Trinajstić information content (AvgIpc) is 2.27. The zero-order valence-electron chi connectivity index (χ0n) is 9.51. The highest BCUT2D eigenvalue weighted by atomic mass is 16.4. The Bertz CT molecular complexity index is 441. The van der Waals surface area contributed by atoms with E-state index in [1.807, 2.05) is 6.92 Å². The van der Waals surface area contributed by atoms with Crippen molar-refractivity contribution in [3.05, 3.63) is 30.0 Å². The van der Waals surface area contributed by atoms with Crippen LogP contribution < -0.4 is 5.32 Å². The standard InChI is InChI=1S/C12H14N2O3/c1-2-4-11(15)14-10-6-3-5-9(13-10)7-8-12(16)17/h3,5-8H,2,4H2,1H3,(H,16,17)(H,13,14,15)/b8-7+. The lowest BCUT2D eigenvalue weighted by atomic mass is 10.3. The van der Waals surface area contributed by atoms with Gasteiger partial charge in [-0.05, 0) is 24.6 Å². The molecule has 0 spiro atoms. The lowest BCUT2D eigenvalue weighted by Gasteiger charge is -2.03. The number of hydrogen-bond acceptors (Lipinski definition) is 3. The molecule has 1 heterocycles. The monoisotopic (exact) mass is 234 g/mol. The van der Waals surface area contributed by atoms with Gasteiger partial charge in [-0.15, -0.1) is 0 Å². The lowest BCUT2D eigenvalue weighted by molar-refractivity contribution is -0.131. The molecule has 90 valence electrons. The zero-order chi connectivity index (χ0) is 12.7. The van der Waals surface area contributed by atoms with Gasteiger partial charge in [0.25, 0.3) is 0 Å². The Balaban J connectivity index is 2.72. The fourth-order valence-electron chi connectivity index (χ4n) is 1.20. The van der Waals surface area contributed by atoms with Crippen LogP contribution in [0, 0.1) is 0 Å². The fourth-order valence-corrected chi connectivity index (χ4v) is 1.20. The van der Waals surface area contributed by atoms with Crippen LogP contribution in [0.5, 0.6) is 0 Å². The Morgan fingerprint density at radius 2 is 2.24 bits per heavy atom. The number of anilines is 1. The molecule has 1 aromatic rings. The van der Waals surface area contributed by atoms with E-state index in [9.17, 15) is 9.59 Å². The van der Waals surface area contributed by atoms with Gasteiger partial charge in [-0.2, -0.15) is 0 Å². The van der Waals surface area contributed by atoms with Gasteiger partial charge >= 0.3 is 5.97 Å². The van der Waals surface area contributed by atoms with Crippen LogP contribution in [0.2, 0.25) is 0 Å². The van der Waals surface area contributed by atoms with Crippen molar-refractivity contribution < 1.29 is 14.7 Å². The van der Waals surface area contributed by atoms with Crippen molar-refractivity contribution in [3.8, 4) is 0 Å². The summed E-state index contributed by atoms with van der Waals surface area (Å²) in [7, 11) is 0. The van der Waals surface area contributed by atoms with E-state index in [2.05, 4.69) is 10.3 Å². The topological polar surface area (TPSA) is 79.3 Å². The number of carboxylic acids is 1. The molecule has 0 radical (unpaired) electrons. The molecular weight excluding hydrogens is 220 g/mol. The number of amides is 1. The first-order valence-electron chi connectivity index (χ1n) is 5.29. The molecule has 0 unspecified atom stereocenters. The van der Waals surface area contributed by atoms with Gasteiger partial charge in [-0.1, -0.05) is 13.0 Å². The van der Waals surface area contributed by atoms with Crippen molar-refractivity contribution in [2.45, 2.75) is 19.8 Å². The summed E-state index contributed by atoms with van der Waals surface area (Å²) in [6.07, 6.45) is 3.58. The number of nitrogens with one attached hydrogen (secondary N) is 1. The first-order valence-corrected chi connectivity index (χ1v) is 5.29. The number of aromatic nitrogens is 1. The highest BCUT2D eigenvalue weighted by molar-refractivity contribution is 5.90. The maximum absolute atomic E-state index is 11.3. The van der Waals surface area contributed by atoms with Gasteiger partial charge in [-0.25, -0.2) is 9.78 Å². The van der Waals surface area contributed by atoms with E-state index in [1.165, 1.54) is 6.08 Å². The fraction of sp³-hybridized carbons (Fsp3) is 0.250. The summed E-state index contributed by atoms with van der Waals surface area (Å²) in [5.41, 5.74) is 0.488. The van der Waals surface area contributed by atoms with E-state index in [1.54, 1.807) is 18.2 Å². The Labute approximate surface area is 99.2 Å². The van der Waals surface area contributed by atoms with Crippen LogP contribution in [0.3, 0.4) is 0 Å². The molecule has 0 aliphatic heterocycles. The van der Waals surface area contributed by atoms with E-state index < -0.39 is 5.97 Å². The molecule has 1 amide bonds. The molecular formula is C12H14N2O3. The number of carbonyl (C=O) groups is 2. The van der Waals surface area contributed by atoms with Crippen LogP contribution in [0.25, 0.3) is 6.08 Å². The zero-order valence-corrected chi connectivity index (χ0v) is 9.51. The van der Waals surface area contributed by atoms with Crippen LogP contribution in [-0.4, -0.2) is 22.0 Å². The minimum Gasteiger partial charge on any atom is -0.478 e. The van der Waals surface area contributed by atoms with Crippen molar-refractivity contribution in [3.63, 3.8) is 0 Å². The predicted octanol–water partition coefficient (Wildman–Crippen LogP) is 1.92. The molecule has 0 saturated heterocycles. The molecule has 0 atom stereocenters. The summed E-state index contributed by atoms with van der Waals surface area (Å²) in [5.74, 6) is -0.706. The van der Waals surface area contributed by atoms with Crippen LogP contribution in [0.15, 0.2) is 24.3 Å². The maximum atomic E-state index is 11.3. The number of carbonyl (C=O) groups excluding carboxylic acids is 1. The average molecular weight is 234 g/mol. The van der Waals surface area contributed by atoms with E-state index in [0.29, 0.717) is 17.9 Å². The highest BCUT2D eigenvalue weighted by Crippen LogP contribution is 2.07. The highest BCUT2D eigenvalue weighted by Gasteiger charge is 2.01. The third kappa shape index (κ3) is 4.92. The minimum absolute atomic E-state index is 0.0978. The summed E-state index contributed by atoms with van der Waals surface area (Å²) in [5, 5.41) is 11.1. The van der Waals surface area contributed by atoms with Gasteiger partial charge in [0.15, 0.2) is 0 Å². The van der Waals surface area contributed by atoms with Gasteiger partial charge in [0.1, 0.15) is 5.82 Å². The van der Waals surface area contributed by atoms with Gasteiger partial charge < -0.3 is 10.4 Å². The van der Waals surface area contributed by atoms with E-state index in [0.717, 1.165) is 12.5 Å². The number of hydrogen-bond donors (Lipinski definition) is 2. The Hall–Kier alpha value is -2.17. The van der Waals surface area contributed by atoms with Crippen molar-refractivity contribution in [1.82, 2.24) is 4.98 Å². The molecule has 0 saturated carbocycles. The van der Waals surface area contributed by atoms with Crippen LogP contribution in [-0.2, 0) is 9.59 Å². The second-order valence-electron chi connectivity index (χ2n) is 3.42. The first-order chi connectivity index (χ1) is 8.11. The maximum Gasteiger partial charge on any atom is 0.328 e. The SMILES string of the molecule is CCCC(=O)Nc1cccc(/C=C/C(=O)O)n1. The van der Waals surface area contributed by atoms with E-state index in [4.69, 9.17) is 5.11 Å². The van der Waals surface area contributed by atoms with Crippen molar-refractivity contribution in [2.75, 3.05) is 5.32 Å². The molecule has 1 rings (SSSR count). The Morgan fingerprint density at radius 3 is 2.88 bits per heavy atom. The summed E-state index contributed by atoms with van der Waals surface area (Å²) in [6.45, 7) is 1.92. The van der Waals surface area contributed by atoms with Gasteiger partial charge in [0, 0.05) is 12.5 Å². The molecule has 2 N–H and O–H groups in total. The van der Waals surface area contributed by atoms with Gasteiger partial charge in [-0.3, -0.25) is 4.79 Å². The number of carboxylic acid groups (broad SMARTS) is 1. The largest absolute Gasteiger partial charge is 0.478 e. The minimum atomic E-state index is -1.03. The molecule has 0 aliphatic rings. The number of rotatable bonds is 5. The summed E-state index contributed by atoms with van der Waals surface area (Å²) in [6, 6.07) is 5.02. The van der Waals surface area contributed by atoms with Crippen molar-refractivity contribution >= 4 is 23.8 Å². The van der Waals surface area contributed by atoms with E-state index in [-0.39, 0.29) is 5.91 Å². The third-order valence-electron chi connectivity index (χ3n) is 1.91. The van der Waals surface area contributed by atoms with Crippen molar-refractivity contribution in [2.24, 2.45) is 0 Å². The Kier molecular flexibility index (Phi) is 4.87. The van der Waals surface area contributed by atoms with Gasteiger partial charge in [0.2, 0.25) is 5.91 Å². The smallest absolute Gasteiger partial charge is 0.328 e. The van der Waals surface area contributed by atoms with Crippen molar-refractivity contribution in [1.29, 1.82) is 0 Å². The Morgan fingerprint density at radius 1 is 1.47 bits per heavy atom. The lowest BCUT2D eigenvalue weighted by Crippen LogP contribution is -2.11. The first kappa shape index (κ1) is 12.9. The van der Waals surface area contributed by atoms with Crippen LogP contribution in [0.4, 0.5) is 5.82 Å². The normalized spacial score (nSPS) is 10.4. The second-order valence-corrected chi connectivity index (χ2v) is 3.42. The molecule has 5 nitrogen and oxygen atoms in total. The molecule has 5 heteroatoms. The third-order valence-corrected chi connectivity index (χ3v) is 1.91. The molecule has 0 aliphatic carbocycles. The quantitative estimate of drug-likeness (QED) is 0.763.